The van der Waals surface area contributed by atoms with Crippen molar-refractivity contribution < 1.29 is 4.79 Å². The van der Waals surface area contributed by atoms with Gasteiger partial charge in [-0.15, -0.1) is 11.3 Å². The largest absolute Gasteiger partial charge is 0.353 e. The van der Waals surface area contributed by atoms with E-state index in [-0.39, 0.29) is 11.9 Å². The van der Waals surface area contributed by atoms with Gasteiger partial charge in [0.05, 0.1) is 17.1 Å². The van der Waals surface area contributed by atoms with Crippen LogP contribution >= 0.6 is 11.3 Å². The second-order valence-corrected chi connectivity index (χ2v) is 4.77. The zero-order chi connectivity index (χ0) is 12.0. The fourth-order valence-electron chi connectivity index (χ4n) is 1.26. The Bertz CT molecular complexity index is 338. The molecule has 0 aliphatic carbocycles. The predicted molar refractivity (Wildman–Crippen MR) is 66.5 cm³/mol. The van der Waals surface area contributed by atoms with Crippen LogP contribution in [0.5, 0.6) is 0 Å². The van der Waals surface area contributed by atoms with E-state index in [2.05, 4.69) is 10.3 Å². The Labute approximate surface area is 100 Å². The maximum atomic E-state index is 11.6. The Hall–Kier alpha value is -0.940. The summed E-state index contributed by atoms with van der Waals surface area (Å²) >= 11 is 1.57. The molecule has 0 saturated carbocycles. The van der Waals surface area contributed by atoms with Gasteiger partial charge < -0.3 is 11.1 Å². The Morgan fingerprint density at radius 1 is 1.69 bits per heavy atom. The minimum atomic E-state index is 0.0407. The van der Waals surface area contributed by atoms with Crippen LogP contribution in [-0.4, -0.2) is 23.5 Å². The molecule has 0 aliphatic rings. The van der Waals surface area contributed by atoms with Gasteiger partial charge >= 0.3 is 0 Å². The van der Waals surface area contributed by atoms with E-state index in [9.17, 15) is 4.79 Å². The lowest BCUT2D eigenvalue weighted by Gasteiger charge is -2.10. The smallest absolute Gasteiger partial charge is 0.226 e. The van der Waals surface area contributed by atoms with E-state index in [1.807, 2.05) is 19.2 Å². The summed E-state index contributed by atoms with van der Waals surface area (Å²) in [5.74, 6) is 0.0407. The van der Waals surface area contributed by atoms with Crippen molar-refractivity contribution in [2.75, 3.05) is 6.54 Å². The van der Waals surface area contributed by atoms with E-state index < -0.39 is 0 Å². The molecule has 16 heavy (non-hydrogen) atoms. The highest BCUT2D eigenvalue weighted by molar-refractivity contribution is 7.09. The van der Waals surface area contributed by atoms with E-state index in [1.165, 1.54) is 0 Å². The lowest BCUT2D eigenvalue weighted by molar-refractivity contribution is -0.121. The fraction of sp³-hybridized carbons (Fsp3) is 0.636. The van der Waals surface area contributed by atoms with Gasteiger partial charge in [-0.1, -0.05) is 6.92 Å². The first-order chi connectivity index (χ1) is 7.65. The molecule has 0 aliphatic heterocycles. The first kappa shape index (κ1) is 13.1. The van der Waals surface area contributed by atoms with Gasteiger partial charge in [-0.3, -0.25) is 4.79 Å². The zero-order valence-electron chi connectivity index (χ0n) is 9.82. The number of carbonyl (C=O) groups is 1. The average Bonchev–Trinajstić information content (AvgIpc) is 2.65. The average molecular weight is 241 g/mol. The summed E-state index contributed by atoms with van der Waals surface area (Å²) < 4.78 is 0. The number of rotatable bonds is 6. The van der Waals surface area contributed by atoms with Gasteiger partial charge in [0.25, 0.3) is 0 Å². The Morgan fingerprint density at radius 2 is 2.44 bits per heavy atom. The first-order valence-corrected chi connectivity index (χ1v) is 6.46. The molecular formula is C11H19N3OS. The molecule has 0 aromatic carbocycles. The minimum Gasteiger partial charge on any atom is -0.353 e. The van der Waals surface area contributed by atoms with Gasteiger partial charge in [0, 0.05) is 17.8 Å². The number of aromatic nitrogens is 1. The van der Waals surface area contributed by atoms with Crippen LogP contribution < -0.4 is 11.1 Å². The molecule has 1 aromatic rings. The standard InChI is InChI=1S/C11H19N3OS/c1-3-8(2)13-10(15)6-9-7-16-11(14-9)4-5-12/h7-8H,3-6,12H2,1-2H3,(H,13,15). The Morgan fingerprint density at radius 3 is 3.06 bits per heavy atom. The molecule has 1 amide bonds. The number of nitrogens with one attached hydrogen (secondary N) is 1. The van der Waals surface area contributed by atoms with Crippen LogP contribution in [0.15, 0.2) is 5.38 Å². The molecule has 5 heteroatoms. The summed E-state index contributed by atoms with van der Waals surface area (Å²) in [7, 11) is 0. The molecule has 0 radical (unpaired) electrons. The van der Waals surface area contributed by atoms with E-state index in [0.29, 0.717) is 13.0 Å². The quantitative estimate of drug-likeness (QED) is 0.783. The van der Waals surface area contributed by atoms with Crippen molar-refractivity contribution in [3.63, 3.8) is 0 Å². The van der Waals surface area contributed by atoms with E-state index in [4.69, 9.17) is 5.73 Å². The first-order valence-electron chi connectivity index (χ1n) is 5.58. The van der Waals surface area contributed by atoms with Crippen molar-refractivity contribution in [3.05, 3.63) is 16.1 Å². The van der Waals surface area contributed by atoms with Crippen molar-refractivity contribution in [3.8, 4) is 0 Å². The van der Waals surface area contributed by atoms with Crippen LogP contribution in [-0.2, 0) is 17.6 Å². The van der Waals surface area contributed by atoms with Crippen molar-refractivity contribution in [1.29, 1.82) is 0 Å². The molecule has 0 saturated heterocycles. The van der Waals surface area contributed by atoms with Gasteiger partial charge in [0.15, 0.2) is 0 Å². The van der Waals surface area contributed by atoms with Crippen molar-refractivity contribution in [2.45, 2.75) is 39.2 Å². The Balaban J connectivity index is 2.43. The molecular weight excluding hydrogens is 222 g/mol. The summed E-state index contributed by atoms with van der Waals surface area (Å²) in [6, 6.07) is 0.231. The second kappa shape index (κ2) is 6.60. The number of amides is 1. The van der Waals surface area contributed by atoms with Gasteiger partial charge in [-0.2, -0.15) is 0 Å². The molecule has 0 fully saturated rings. The van der Waals surface area contributed by atoms with Crippen LogP contribution in [0.4, 0.5) is 0 Å². The van der Waals surface area contributed by atoms with Crippen LogP contribution in [0.25, 0.3) is 0 Å². The van der Waals surface area contributed by atoms with E-state index in [1.54, 1.807) is 11.3 Å². The molecule has 1 atom stereocenters. The number of carbonyl (C=O) groups excluding carboxylic acids is 1. The van der Waals surface area contributed by atoms with Crippen LogP contribution in [0.1, 0.15) is 31.0 Å². The van der Waals surface area contributed by atoms with Crippen LogP contribution in [0.2, 0.25) is 0 Å². The third-order valence-electron chi connectivity index (χ3n) is 2.32. The molecule has 1 aromatic heterocycles. The number of hydrogen-bond donors (Lipinski definition) is 2. The molecule has 0 spiro atoms. The van der Waals surface area contributed by atoms with Gasteiger partial charge in [0.1, 0.15) is 0 Å². The van der Waals surface area contributed by atoms with E-state index >= 15 is 0 Å². The number of nitrogens with two attached hydrogens (primary N) is 1. The monoisotopic (exact) mass is 241 g/mol. The molecule has 1 unspecified atom stereocenters. The third-order valence-corrected chi connectivity index (χ3v) is 3.28. The van der Waals surface area contributed by atoms with Crippen molar-refractivity contribution in [1.82, 2.24) is 10.3 Å². The number of nitrogens with zero attached hydrogens (tertiary/aromatic N) is 1. The second-order valence-electron chi connectivity index (χ2n) is 3.82. The summed E-state index contributed by atoms with van der Waals surface area (Å²) in [5.41, 5.74) is 6.28. The lowest BCUT2D eigenvalue weighted by Crippen LogP contribution is -2.33. The normalized spacial score (nSPS) is 12.4. The SMILES string of the molecule is CCC(C)NC(=O)Cc1csc(CCN)n1. The molecule has 1 rings (SSSR count). The van der Waals surface area contributed by atoms with Crippen LogP contribution in [0.3, 0.4) is 0 Å². The predicted octanol–water partition coefficient (Wildman–Crippen LogP) is 1.10. The highest BCUT2D eigenvalue weighted by Gasteiger charge is 2.09. The van der Waals surface area contributed by atoms with Crippen LogP contribution in [0, 0.1) is 0 Å². The summed E-state index contributed by atoms with van der Waals surface area (Å²) in [4.78, 5) is 15.9. The molecule has 0 bridgehead atoms. The highest BCUT2D eigenvalue weighted by Crippen LogP contribution is 2.10. The summed E-state index contributed by atoms with van der Waals surface area (Å²) in [5, 5.41) is 5.86. The number of thiazole rings is 1. The zero-order valence-corrected chi connectivity index (χ0v) is 10.6. The van der Waals surface area contributed by atoms with Gasteiger partial charge in [-0.05, 0) is 19.9 Å². The summed E-state index contributed by atoms with van der Waals surface area (Å²) in [6.45, 7) is 4.65. The van der Waals surface area contributed by atoms with Gasteiger partial charge in [0.2, 0.25) is 5.91 Å². The van der Waals surface area contributed by atoms with Crippen molar-refractivity contribution in [2.24, 2.45) is 5.73 Å². The molecule has 1 heterocycles. The maximum absolute atomic E-state index is 11.6. The Kier molecular flexibility index (Phi) is 5.42. The topological polar surface area (TPSA) is 68.0 Å². The number of hydrogen-bond acceptors (Lipinski definition) is 4. The highest BCUT2D eigenvalue weighted by atomic mass is 32.1. The third kappa shape index (κ3) is 4.28. The van der Waals surface area contributed by atoms with Gasteiger partial charge in [-0.25, -0.2) is 4.98 Å². The molecule has 3 N–H and O–H groups in total. The van der Waals surface area contributed by atoms with Crippen molar-refractivity contribution >= 4 is 17.2 Å². The fourth-order valence-corrected chi connectivity index (χ4v) is 2.07. The van der Waals surface area contributed by atoms with E-state index in [0.717, 1.165) is 23.5 Å². The molecule has 4 nitrogen and oxygen atoms in total. The maximum Gasteiger partial charge on any atom is 0.226 e. The minimum absolute atomic E-state index is 0.0407. The summed E-state index contributed by atoms with van der Waals surface area (Å²) in [6.07, 6.45) is 2.10. The lowest BCUT2D eigenvalue weighted by atomic mass is 10.2. The molecule has 90 valence electrons.